The minimum Gasteiger partial charge on any atom is -0.493 e. The minimum atomic E-state index is -0.570. The molecule has 1 N–H and O–H groups in total. The van der Waals surface area contributed by atoms with Gasteiger partial charge in [-0.3, -0.25) is 4.79 Å². The number of aryl methyl sites for hydroxylation is 1. The number of nitriles is 1. The number of hydrogen-bond donors (Lipinski definition) is 1. The zero-order valence-corrected chi connectivity index (χ0v) is 20.1. The van der Waals surface area contributed by atoms with Gasteiger partial charge in [-0.2, -0.15) is 5.26 Å². The summed E-state index contributed by atoms with van der Waals surface area (Å²) in [5.74, 6) is 0.132. The van der Waals surface area contributed by atoms with Gasteiger partial charge in [0.15, 0.2) is 11.5 Å². The predicted octanol–water partition coefficient (Wildman–Crippen LogP) is 7.09. The maximum absolute atomic E-state index is 12.7. The summed E-state index contributed by atoms with van der Waals surface area (Å²) in [6.45, 7) is 2.06. The molecule has 0 fully saturated rings. The molecule has 1 amide bonds. The number of halogens is 3. The molecule has 168 valence electrons. The molecule has 5 nitrogen and oxygen atoms in total. The summed E-state index contributed by atoms with van der Waals surface area (Å²) in [4.78, 5) is 12.7. The van der Waals surface area contributed by atoms with Crippen molar-refractivity contribution in [2.75, 3.05) is 12.4 Å². The molecule has 0 aliphatic carbocycles. The lowest BCUT2D eigenvalue weighted by molar-refractivity contribution is -0.112. The van der Waals surface area contributed by atoms with Crippen LogP contribution in [0.15, 0.2) is 60.2 Å². The van der Waals surface area contributed by atoms with E-state index in [1.165, 1.54) is 13.2 Å². The highest BCUT2D eigenvalue weighted by Crippen LogP contribution is 2.37. The second-order valence-electron chi connectivity index (χ2n) is 7.04. The van der Waals surface area contributed by atoms with Crippen LogP contribution in [-0.4, -0.2) is 13.0 Å². The molecular formula is C25H19Cl3N2O3. The van der Waals surface area contributed by atoms with Crippen LogP contribution in [0.3, 0.4) is 0 Å². The molecule has 3 rings (SSSR count). The zero-order chi connectivity index (χ0) is 24.0. The lowest BCUT2D eigenvalue weighted by atomic mass is 10.1. The maximum atomic E-state index is 12.7. The predicted molar refractivity (Wildman–Crippen MR) is 132 cm³/mol. The van der Waals surface area contributed by atoms with E-state index < -0.39 is 5.91 Å². The van der Waals surface area contributed by atoms with Crippen molar-refractivity contribution in [3.8, 4) is 17.6 Å². The number of nitrogens with zero attached hydrogens (tertiary/aromatic N) is 1. The number of ether oxygens (including phenoxy) is 2. The Morgan fingerprint density at radius 2 is 1.85 bits per heavy atom. The standard InChI is InChI=1S/C25H19Cl3N2O3/c1-15-6-7-20(27)12-22(15)30-25(31)18(13-29)8-17-10-21(28)24(23(11-17)32-2)33-14-16-4-3-5-19(26)9-16/h3-12H,14H2,1-2H3,(H,30,31)/b18-8+. The van der Waals surface area contributed by atoms with Crippen molar-refractivity contribution in [1.82, 2.24) is 0 Å². The molecule has 0 heterocycles. The third kappa shape index (κ3) is 6.43. The molecule has 3 aromatic carbocycles. The molecule has 0 aliphatic heterocycles. The van der Waals surface area contributed by atoms with Gasteiger partial charge in [0.2, 0.25) is 0 Å². The molecular weight excluding hydrogens is 483 g/mol. The molecule has 3 aromatic rings. The van der Waals surface area contributed by atoms with E-state index in [9.17, 15) is 10.1 Å². The van der Waals surface area contributed by atoms with Crippen LogP contribution < -0.4 is 14.8 Å². The molecule has 0 saturated carbocycles. The highest BCUT2D eigenvalue weighted by molar-refractivity contribution is 6.32. The second-order valence-corrected chi connectivity index (χ2v) is 8.32. The number of rotatable bonds is 7. The molecule has 33 heavy (non-hydrogen) atoms. The molecule has 0 spiro atoms. The quantitative estimate of drug-likeness (QED) is 0.277. The van der Waals surface area contributed by atoms with E-state index >= 15 is 0 Å². The Kier molecular flexibility index (Phi) is 8.24. The fraction of sp³-hybridized carbons (Fsp3) is 0.120. The van der Waals surface area contributed by atoms with E-state index in [1.807, 2.05) is 25.1 Å². The number of hydrogen-bond acceptors (Lipinski definition) is 4. The highest BCUT2D eigenvalue weighted by Gasteiger charge is 2.15. The van der Waals surface area contributed by atoms with Gasteiger partial charge in [-0.25, -0.2) is 0 Å². The van der Waals surface area contributed by atoms with Gasteiger partial charge in [-0.05, 0) is 66.1 Å². The first-order valence-electron chi connectivity index (χ1n) is 9.74. The average Bonchev–Trinajstić information content (AvgIpc) is 2.78. The number of carbonyl (C=O) groups is 1. The van der Waals surface area contributed by atoms with Crippen molar-refractivity contribution < 1.29 is 14.3 Å². The fourth-order valence-electron chi connectivity index (χ4n) is 2.98. The van der Waals surface area contributed by atoms with Gasteiger partial charge in [-0.1, -0.05) is 53.0 Å². The molecule has 8 heteroatoms. The average molecular weight is 502 g/mol. The normalized spacial score (nSPS) is 11.0. The topological polar surface area (TPSA) is 71.3 Å². The van der Waals surface area contributed by atoms with Crippen LogP contribution in [0.5, 0.6) is 11.5 Å². The van der Waals surface area contributed by atoms with Gasteiger partial charge in [-0.15, -0.1) is 0 Å². The highest BCUT2D eigenvalue weighted by atomic mass is 35.5. The summed E-state index contributed by atoms with van der Waals surface area (Å²) in [7, 11) is 1.48. The number of nitrogens with one attached hydrogen (secondary N) is 1. The fourth-order valence-corrected chi connectivity index (χ4v) is 3.64. The second kappa shape index (κ2) is 11.1. The monoisotopic (exact) mass is 500 g/mol. The lowest BCUT2D eigenvalue weighted by Crippen LogP contribution is -2.14. The molecule has 0 aromatic heterocycles. The lowest BCUT2D eigenvalue weighted by Gasteiger charge is -2.14. The van der Waals surface area contributed by atoms with Crippen LogP contribution in [0.4, 0.5) is 5.69 Å². The number of carbonyl (C=O) groups excluding carboxylic acids is 1. The first-order chi connectivity index (χ1) is 15.8. The maximum Gasteiger partial charge on any atom is 0.266 e. The van der Waals surface area contributed by atoms with Gasteiger partial charge in [0, 0.05) is 15.7 Å². The van der Waals surface area contributed by atoms with Crippen LogP contribution >= 0.6 is 34.8 Å². The molecule has 0 bridgehead atoms. The first-order valence-corrected chi connectivity index (χ1v) is 10.9. The van der Waals surface area contributed by atoms with Crippen LogP contribution in [0.25, 0.3) is 6.08 Å². The summed E-state index contributed by atoms with van der Waals surface area (Å²) >= 11 is 18.4. The van der Waals surface area contributed by atoms with E-state index in [4.69, 9.17) is 44.3 Å². The van der Waals surface area contributed by atoms with Crippen LogP contribution in [0.2, 0.25) is 15.1 Å². The number of benzene rings is 3. The van der Waals surface area contributed by atoms with Gasteiger partial charge in [0.1, 0.15) is 18.2 Å². The number of anilines is 1. The Morgan fingerprint density at radius 1 is 1.09 bits per heavy atom. The van der Waals surface area contributed by atoms with E-state index in [-0.39, 0.29) is 17.2 Å². The Bertz CT molecular complexity index is 1270. The van der Waals surface area contributed by atoms with Gasteiger partial charge in [0.05, 0.1) is 12.1 Å². The van der Waals surface area contributed by atoms with Crippen LogP contribution in [-0.2, 0) is 11.4 Å². The van der Waals surface area contributed by atoms with Gasteiger partial charge >= 0.3 is 0 Å². The third-order valence-electron chi connectivity index (χ3n) is 4.65. The van der Waals surface area contributed by atoms with Crippen molar-refractivity contribution in [2.45, 2.75) is 13.5 Å². The molecule has 0 radical (unpaired) electrons. The van der Waals surface area contributed by atoms with Crippen LogP contribution in [0, 0.1) is 18.3 Å². The number of amides is 1. The van der Waals surface area contributed by atoms with Crippen molar-refractivity contribution in [1.29, 1.82) is 5.26 Å². The summed E-state index contributed by atoms with van der Waals surface area (Å²) in [5.41, 5.74) is 2.59. The van der Waals surface area contributed by atoms with Crippen molar-refractivity contribution in [3.05, 3.63) is 91.9 Å². The summed E-state index contributed by atoms with van der Waals surface area (Å²) in [5, 5.41) is 13.6. The summed E-state index contributed by atoms with van der Waals surface area (Å²) in [6.07, 6.45) is 1.42. The molecule has 0 unspecified atom stereocenters. The molecule has 0 aliphatic rings. The van der Waals surface area contributed by atoms with E-state index in [2.05, 4.69) is 5.32 Å². The van der Waals surface area contributed by atoms with Crippen molar-refractivity contribution in [2.24, 2.45) is 0 Å². The van der Waals surface area contributed by atoms with E-state index in [1.54, 1.807) is 42.5 Å². The van der Waals surface area contributed by atoms with Gasteiger partial charge < -0.3 is 14.8 Å². The minimum absolute atomic E-state index is 0.111. The smallest absolute Gasteiger partial charge is 0.266 e. The van der Waals surface area contributed by atoms with Crippen LogP contribution in [0.1, 0.15) is 16.7 Å². The molecule has 0 saturated heterocycles. The van der Waals surface area contributed by atoms with Crippen molar-refractivity contribution >= 4 is 52.5 Å². The zero-order valence-electron chi connectivity index (χ0n) is 17.8. The summed E-state index contributed by atoms with van der Waals surface area (Å²) < 4.78 is 11.3. The third-order valence-corrected chi connectivity index (χ3v) is 5.40. The largest absolute Gasteiger partial charge is 0.493 e. The Hall–Kier alpha value is -3.17. The Morgan fingerprint density at radius 3 is 2.55 bits per heavy atom. The Labute approximate surface area is 207 Å². The summed E-state index contributed by atoms with van der Waals surface area (Å²) in [6, 6.07) is 17.5. The van der Waals surface area contributed by atoms with Crippen molar-refractivity contribution in [3.63, 3.8) is 0 Å². The SMILES string of the molecule is COc1cc(/C=C(\C#N)C(=O)Nc2cc(Cl)ccc2C)cc(Cl)c1OCc1cccc(Cl)c1. The van der Waals surface area contributed by atoms with E-state index in [0.29, 0.717) is 32.8 Å². The first kappa shape index (κ1) is 24.5. The Balaban J connectivity index is 1.84. The molecule has 0 atom stereocenters. The van der Waals surface area contributed by atoms with Gasteiger partial charge in [0.25, 0.3) is 5.91 Å². The number of methoxy groups -OCH3 is 1. The van der Waals surface area contributed by atoms with E-state index in [0.717, 1.165) is 11.1 Å².